The fraction of sp³-hybridized carbons (Fsp3) is 0.250. The first kappa shape index (κ1) is 14.1. The van der Waals surface area contributed by atoms with Crippen LogP contribution >= 0.6 is 15.9 Å². The van der Waals surface area contributed by atoms with E-state index in [1.807, 2.05) is 18.2 Å². The second-order valence-corrected chi connectivity index (χ2v) is 5.92. The van der Waals surface area contributed by atoms with Gasteiger partial charge in [-0.25, -0.2) is 9.78 Å². The lowest BCUT2D eigenvalue weighted by Gasteiger charge is -2.26. The summed E-state index contributed by atoms with van der Waals surface area (Å²) in [7, 11) is 0. The number of aryl methyl sites for hydroxylation is 1. The summed E-state index contributed by atoms with van der Waals surface area (Å²) in [5.74, 6) is -0.865. The molecule has 0 spiro atoms. The van der Waals surface area contributed by atoms with E-state index in [4.69, 9.17) is 4.74 Å². The van der Waals surface area contributed by atoms with Crippen LogP contribution < -0.4 is 4.74 Å². The van der Waals surface area contributed by atoms with Gasteiger partial charge in [-0.05, 0) is 52.4 Å². The zero-order chi connectivity index (χ0) is 14.8. The van der Waals surface area contributed by atoms with Crippen LogP contribution in [-0.2, 0) is 6.42 Å². The third-order valence-corrected chi connectivity index (χ3v) is 4.05. The van der Waals surface area contributed by atoms with Gasteiger partial charge in [0.2, 0.25) is 5.88 Å². The van der Waals surface area contributed by atoms with Gasteiger partial charge in [-0.15, -0.1) is 0 Å². The van der Waals surface area contributed by atoms with Crippen LogP contribution in [-0.4, -0.2) is 16.1 Å². The van der Waals surface area contributed by atoms with Crippen molar-refractivity contribution in [2.75, 3.05) is 0 Å². The van der Waals surface area contributed by atoms with E-state index in [2.05, 4.69) is 27.0 Å². The summed E-state index contributed by atoms with van der Waals surface area (Å²) < 4.78 is 6.54. The smallest absolute Gasteiger partial charge is 0.341 e. The van der Waals surface area contributed by atoms with E-state index in [1.165, 1.54) is 11.6 Å². The number of aromatic carboxylic acids is 1. The Morgan fingerprint density at radius 3 is 3.00 bits per heavy atom. The molecular formula is C16H14BrNO3. The number of hydrogen-bond donors (Lipinski definition) is 1. The van der Waals surface area contributed by atoms with E-state index in [0.29, 0.717) is 4.47 Å². The van der Waals surface area contributed by atoms with E-state index in [9.17, 15) is 9.90 Å². The van der Waals surface area contributed by atoms with Crippen molar-refractivity contribution in [2.45, 2.75) is 25.4 Å². The maximum Gasteiger partial charge on any atom is 0.341 e. The fourth-order valence-electron chi connectivity index (χ4n) is 2.64. The molecule has 1 heterocycles. The quantitative estimate of drug-likeness (QED) is 0.911. The number of fused-ring (bicyclic) bond motifs is 1. The normalized spacial score (nSPS) is 17.1. The topological polar surface area (TPSA) is 59.4 Å². The number of pyridine rings is 1. The Hall–Kier alpha value is -1.88. The van der Waals surface area contributed by atoms with E-state index in [-0.39, 0.29) is 17.5 Å². The average molecular weight is 348 g/mol. The number of carboxylic acid groups (broad SMARTS) is 1. The summed E-state index contributed by atoms with van der Waals surface area (Å²) in [4.78, 5) is 15.4. The molecule has 1 aromatic heterocycles. The van der Waals surface area contributed by atoms with Crippen LogP contribution in [0.25, 0.3) is 0 Å². The highest BCUT2D eigenvalue weighted by atomic mass is 79.9. The lowest BCUT2D eigenvalue weighted by atomic mass is 9.89. The molecule has 108 valence electrons. The summed E-state index contributed by atoms with van der Waals surface area (Å²) in [6.07, 6.45) is 4.35. The number of nitrogens with zero attached hydrogens (tertiary/aromatic N) is 1. The van der Waals surface area contributed by atoms with E-state index in [0.717, 1.165) is 24.8 Å². The second kappa shape index (κ2) is 5.85. The summed E-state index contributed by atoms with van der Waals surface area (Å²) in [6, 6.07) is 9.64. The third kappa shape index (κ3) is 2.93. The monoisotopic (exact) mass is 347 g/mol. The molecule has 2 aromatic rings. The molecule has 5 heteroatoms. The molecule has 4 nitrogen and oxygen atoms in total. The zero-order valence-corrected chi connectivity index (χ0v) is 12.8. The molecule has 0 bridgehead atoms. The predicted molar refractivity (Wildman–Crippen MR) is 81.6 cm³/mol. The SMILES string of the molecule is O=C(O)c1cc(Br)cnc1OC1CCCc2ccccc21. The highest BCUT2D eigenvalue weighted by molar-refractivity contribution is 9.10. The lowest BCUT2D eigenvalue weighted by molar-refractivity contribution is 0.0685. The molecule has 0 amide bonds. The van der Waals surface area contributed by atoms with Gasteiger partial charge in [0.25, 0.3) is 0 Å². The van der Waals surface area contributed by atoms with Crippen molar-refractivity contribution in [2.24, 2.45) is 0 Å². The molecule has 0 aliphatic heterocycles. The number of halogens is 1. The van der Waals surface area contributed by atoms with Crippen molar-refractivity contribution in [3.63, 3.8) is 0 Å². The highest BCUT2D eigenvalue weighted by Crippen LogP contribution is 2.34. The molecule has 1 unspecified atom stereocenters. The van der Waals surface area contributed by atoms with Crippen LogP contribution in [0.5, 0.6) is 5.88 Å². The maximum atomic E-state index is 11.3. The summed E-state index contributed by atoms with van der Waals surface area (Å²) in [6.45, 7) is 0. The molecule has 1 atom stereocenters. The van der Waals surface area contributed by atoms with Crippen molar-refractivity contribution < 1.29 is 14.6 Å². The van der Waals surface area contributed by atoms with Crippen molar-refractivity contribution in [1.82, 2.24) is 4.98 Å². The zero-order valence-electron chi connectivity index (χ0n) is 11.3. The molecule has 1 aliphatic rings. The second-order valence-electron chi connectivity index (χ2n) is 5.01. The first-order valence-electron chi connectivity index (χ1n) is 6.78. The average Bonchev–Trinajstić information content (AvgIpc) is 2.49. The van der Waals surface area contributed by atoms with Gasteiger partial charge in [0, 0.05) is 10.7 Å². The number of benzene rings is 1. The van der Waals surface area contributed by atoms with Crippen LogP contribution in [0.4, 0.5) is 0 Å². The number of rotatable bonds is 3. The Labute approximate surface area is 130 Å². The Morgan fingerprint density at radius 1 is 1.38 bits per heavy atom. The lowest BCUT2D eigenvalue weighted by Crippen LogP contribution is -2.17. The van der Waals surface area contributed by atoms with E-state index >= 15 is 0 Å². The fourth-order valence-corrected chi connectivity index (χ4v) is 2.97. The molecule has 21 heavy (non-hydrogen) atoms. The van der Waals surface area contributed by atoms with Gasteiger partial charge in [0.05, 0.1) is 0 Å². The number of hydrogen-bond acceptors (Lipinski definition) is 3. The molecule has 0 saturated heterocycles. The largest absolute Gasteiger partial charge is 0.477 e. The van der Waals surface area contributed by atoms with Crippen LogP contribution in [0.2, 0.25) is 0 Å². The van der Waals surface area contributed by atoms with Crippen LogP contribution in [0.3, 0.4) is 0 Å². The van der Waals surface area contributed by atoms with E-state index in [1.54, 1.807) is 6.20 Å². The molecule has 1 N–H and O–H groups in total. The maximum absolute atomic E-state index is 11.3. The molecule has 0 saturated carbocycles. The summed E-state index contributed by atoms with van der Waals surface area (Å²) in [5, 5.41) is 9.27. The highest BCUT2D eigenvalue weighted by Gasteiger charge is 2.24. The number of carboxylic acids is 1. The Morgan fingerprint density at radius 2 is 2.19 bits per heavy atom. The van der Waals surface area contributed by atoms with Crippen molar-refractivity contribution in [3.8, 4) is 5.88 Å². The van der Waals surface area contributed by atoms with Gasteiger partial charge in [0.1, 0.15) is 11.7 Å². The number of carbonyl (C=O) groups is 1. The van der Waals surface area contributed by atoms with Gasteiger partial charge in [0.15, 0.2) is 0 Å². The molecule has 1 aromatic carbocycles. The summed E-state index contributed by atoms with van der Waals surface area (Å²) in [5.41, 5.74) is 2.47. The van der Waals surface area contributed by atoms with Crippen molar-refractivity contribution in [3.05, 3.63) is 57.7 Å². The van der Waals surface area contributed by atoms with Crippen molar-refractivity contribution in [1.29, 1.82) is 0 Å². The first-order chi connectivity index (χ1) is 10.1. The minimum absolute atomic E-state index is 0.0763. The van der Waals surface area contributed by atoms with Gasteiger partial charge in [-0.3, -0.25) is 0 Å². The Bertz CT molecular complexity index is 687. The molecular weight excluding hydrogens is 334 g/mol. The van der Waals surface area contributed by atoms with Gasteiger partial charge < -0.3 is 9.84 Å². The number of aromatic nitrogens is 1. The van der Waals surface area contributed by atoms with Gasteiger partial charge >= 0.3 is 5.97 Å². The standard InChI is InChI=1S/C16H14BrNO3/c17-11-8-13(16(19)20)15(18-9-11)21-14-7-3-5-10-4-1-2-6-12(10)14/h1-2,4,6,8-9,14H,3,5,7H2,(H,19,20). The molecule has 3 rings (SSSR count). The third-order valence-electron chi connectivity index (χ3n) is 3.62. The van der Waals surface area contributed by atoms with Crippen LogP contribution in [0, 0.1) is 0 Å². The molecule has 0 radical (unpaired) electrons. The number of ether oxygens (including phenoxy) is 1. The van der Waals surface area contributed by atoms with E-state index < -0.39 is 5.97 Å². The minimum Gasteiger partial charge on any atom is -0.477 e. The van der Waals surface area contributed by atoms with Gasteiger partial charge in [-0.1, -0.05) is 24.3 Å². The predicted octanol–water partition coefficient (Wildman–Crippen LogP) is 4.00. The first-order valence-corrected chi connectivity index (χ1v) is 7.58. The summed E-state index contributed by atoms with van der Waals surface area (Å²) >= 11 is 3.23. The molecule has 0 fully saturated rings. The van der Waals surface area contributed by atoms with Crippen LogP contribution in [0.15, 0.2) is 41.0 Å². The molecule has 1 aliphatic carbocycles. The minimum atomic E-state index is -1.04. The van der Waals surface area contributed by atoms with Crippen LogP contribution in [0.1, 0.15) is 40.4 Å². The Balaban J connectivity index is 1.93. The van der Waals surface area contributed by atoms with Gasteiger partial charge in [-0.2, -0.15) is 0 Å². The Kier molecular flexibility index (Phi) is 3.92. The van der Waals surface area contributed by atoms with Crippen molar-refractivity contribution >= 4 is 21.9 Å².